The second-order valence-electron chi connectivity index (χ2n) is 4.64. The molecule has 4 nitrogen and oxygen atoms in total. The zero-order chi connectivity index (χ0) is 15.1. The number of hydrogen-bond donors (Lipinski definition) is 1. The predicted molar refractivity (Wildman–Crippen MR) is 86.2 cm³/mol. The van der Waals surface area contributed by atoms with Crippen molar-refractivity contribution in [1.82, 2.24) is 10.3 Å². The summed E-state index contributed by atoms with van der Waals surface area (Å²) in [5.41, 5.74) is 2.15. The van der Waals surface area contributed by atoms with Crippen molar-refractivity contribution in [2.24, 2.45) is 0 Å². The summed E-state index contributed by atoms with van der Waals surface area (Å²) >= 11 is 1.63. The molecule has 0 aliphatic rings. The van der Waals surface area contributed by atoms with Gasteiger partial charge in [0.2, 0.25) is 0 Å². The van der Waals surface area contributed by atoms with Gasteiger partial charge in [0.15, 0.2) is 11.5 Å². The van der Waals surface area contributed by atoms with Crippen molar-refractivity contribution in [1.29, 1.82) is 0 Å². The molecule has 114 valence electrons. The van der Waals surface area contributed by atoms with Gasteiger partial charge in [0, 0.05) is 11.9 Å². The van der Waals surface area contributed by atoms with Gasteiger partial charge in [0.1, 0.15) is 6.61 Å². The van der Waals surface area contributed by atoms with Gasteiger partial charge in [-0.25, -0.2) is 4.98 Å². The van der Waals surface area contributed by atoms with E-state index in [1.54, 1.807) is 11.3 Å². The summed E-state index contributed by atoms with van der Waals surface area (Å²) in [6, 6.07) is 6.07. The van der Waals surface area contributed by atoms with E-state index in [2.05, 4.69) is 23.3 Å². The van der Waals surface area contributed by atoms with Crippen molar-refractivity contribution in [3.63, 3.8) is 0 Å². The normalized spacial score (nSPS) is 10.6. The van der Waals surface area contributed by atoms with Crippen molar-refractivity contribution in [3.05, 3.63) is 39.8 Å². The lowest BCUT2D eigenvalue weighted by Crippen LogP contribution is -2.12. The SMILES string of the molecule is CCNCc1ccc(OCc2csc(C)n2)c(OCC)c1. The van der Waals surface area contributed by atoms with Crippen LogP contribution in [0.15, 0.2) is 23.6 Å². The Hall–Kier alpha value is -1.59. The van der Waals surface area contributed by atoms with E-state index < -0.39 is 0 Å². The highest BCUT2D eigenvalue weighted by Crippen LogP contribution is 2.29. The smallest absolute Gasteiger partial charge is 0.161 e. The topological polar surface area (TPSA) is 43.4 Å². The molecule has 0 amide bonds. The second kappa shape index (κ2) is 8.00. The first-order valence-corrected chi connectivity index (χ1v) is 8.11. The van der Waals surface area contributed by atoms with Gasteiger partial charge < -0.3 is 14.8 Å². The Morgan fingerprint density at radius 1 is 1.19 bits per heavy atom. The van der Waals surface area contributed by atoms with Gasteiger partial charge in [-0.1, -0.05) is 13.0 Å². The third-order valence-electron chi connectivity index (χ3n) is 2.93. The van der Waals surface area contributed by atoms with Crippen molar-refractivity contribution >= 4 is 11.3 Å². The highest BCUT2D eigenvalue weighted by molar-refractivity contribution is 7.09. The van der Waals surface area contributed by atoms with Gasteiger partial charge in [0.25, 0.3) is 0 Å². The fourth-order valence-electron chi connectivity index (χ4n) is 1.95. The Kier molecular flexibility index (Phi) is 6.02. The lowest BCUT2D eigenvalue weighted by molar-refractivity contribution is 0.266. The van der Waals surface area contributed by atoms with E-state index in [9.17, 15) is 0 Å². The van der Waals surface area contributed by atoms with Gasteiger partial charge in [-0.3, -0.25) is 0 Å². The van der Waals surface area contributed by atoms with E-state index in [1.165, 1.54) is 5.56 Å². The van der Waals surface area contributed by atoms with Crippen LogP contribution in [0.25, 0.3) is 0 Å². The first-order valence-electron chi connectivity index (χ1n) is 7.23. The van der Waals surface area contributed by atoms with E-state index in [0.717, 1.165) is 35.3 Å². The number of nitrogens with zero attached hydrogens (tertiary/aromatic N) is 1. The van der Waals surface area contributed by atoms with Crippen LogP contribution in [-0.4, -0.2) is 18.1 Å². The molecule has 1 N–H and O–H groups in total. The van der Waals surface area contributed by atoms with E-state index in [-0.39, 0.29) is 0 Å². The van der Waals surface area contributed by atoms with Crippen molar-refractivity contribution < 1.29 is 9.47 Å². The molecule has 0 unspecified atom stereocenters. The minimum absolute atomic E-state index is 0.469. The summed E-state index contributed by atoms with van der Waals surface area (Å²) in [7, 11) is 0. The van der Waals surface area contributed by atoms with Crippen LogP contribution in [0.1, 0.15) is 30.1 Å². The molecule has 0 bridgehead atoms. The molecular weight excluding hydrogens is 284 g/mol. The zero-order valence-corrected chi connectivity index (χ0v) is 13.6. The number of benzene rings is 1. The minimum atomic E-state index is 0.469. The van der Waals surface area contributed by atoms with Gasteiger partial charge >= 0.3 is 0 Å². The summed E-state index contributed by atoms with van der Waals surface area (Å²) in [6.07, 6.45) is 0. The lowest BCUT2D eigenvalue weighted by Gasteiger charge is -2.13. The highest BCUT2D eigenvalue weighted by atomic mass is 32.1. The molecule has 0 aliphatic heterocycles. The van der Waals surface area contributed by atoms with Crippen molar-refractivity contribution in [2.75, 3.05) is 13.2 Å². The molecule has 0 fully saturated rings. The number of thiazole rings is 1. The molecule has 0 spiro atoms. The third-order valence-corrected chi connectivity index (χ3v) is 3.75. The van der Waals surface area contributed by atoms with E-state index in [0.29, 0.717) is 13.2 Å². The van der Waals surface area contributed by atoms with Crippen molar-refractivity contribution in [3.8, 4) is 11.5 Å². The first-order chi connectivity index (χ1) is 10.2. The highest BCUT2D eigenvalue weighted by Gasteiger charge is 2.08. The molecular formula is C16H22N2O2S. The molecule has 0 atom stereocenters. The molecule has 2 aromatic rings. The summed E-state index contributed by atoms with van der Waals surface area (Å²) in [4.78, 5) is 4.40. The number of hydrogen-bond acceptors (Lipinski definition) is 5. The van der Waals surface area contributed by atoms with E-state index in [1.807, 2.05) is 31.4 Å². The Bertz CT molecular complexity index is 569. The predicted octanol–water partition coefficient (Wildman–Crippen LogP) is 3.54. The molecule has 1 heterocycles. The molecule has 0 aliphatic carbocycles. The maximum absolute atomic E-state index is 5.85. The van der Waals surface area contributed by atoms with Gasteiger partial charge in [-0.2, -0.15) is 0 Å². The number of aryl methyl sites for hydroxylation is 1. The quantitative estimate of drug-likeness (QED) is 0.810. The van der Waals surface area contributed by atoms with E-state index >= 15 is 0 Å². The van der Waals surface area contributed by atoms with Crippen LogP contribution in [0.4, 0.5) is 0 Å². The molecule has 0 saturated carbocycles. The van der Waals surface area contributed by atoms with Crippen LogP contribution >= 0.6 is 11.3 Å². The van der Waals surface area contributed by atoms with Crippen LogP contribution in [0.3, 0.4) is 0 Å². The fourth-order valence-corrected chi connectivity index (χ4v) is 2.54. The second-order valence-corrected chi connectivity index (χ2v) is 5.70. The Labute approximate surface area is 130 Å². The summed E-state index contributed by atoms with van der Waals surface area (Å²) in [5, 5.41) is 6.39. The maximum atomic E-state index is 5.85. The van der Waals surface area contributed by atoms with Crippen LogP contribution < -0.4 is 14.8 Å². The number of rotatable bonds is 8. The summed E-state index contributed by atoms with van der Waals surface area (Å²) in [6.45, 7) is 8.94. The number of aromatic nitrogens is 1. The Morgan fingerprint density at radius 3 is 2.71 bits per heavy atom. The summed E-state index contributed by atoms with van der Waals surface area (Å²) < 4.78 is 11.5. The number of ether oxygens (including phenoxy) is 2. The fraction of sp³-hybridized carbons (Fsp3) is 0.438. The third kappa shape index (κ3) is 4.72. The van der Waals surface area contributed by atoms with Crippen LogP contribution in [0.5, 0.6) is 11.5 Å². The number of nitrogens with one attached hydrogen (secondary N) is 1. The van der Waals surface area contributed by atoms with Gasteiger partial charge in [-0.05, 0) is 38.1 Å². The zero-order valence-electron chi connectivity index (χ0n) is 12.8. The molecule has 0 saturated heterocycles. The largest absolute Gasteiger partial charge is 0.490 e. The average molecular weight is 306 g/mol. The molecule has 0 radical (unpaired) electrons. The lowest BCUT2D eigenvalue weighted by atomic mass is 10.2. The first kappa shape index (κ1) is 15.8. The van der Waals surface area contributed by atoms with Crippen LogP contribution in [-0.2, 0) is 13.2 Å². The van der Waals surface area contributed by atoms with Crippen LogP contribution in [0.2, 0.25) is 0 Å². The maximum Gasteiger partial charge on any atom is 0.161 e. The Balaban J connectivity index is 2.06. The minimum Gasteiger partial charge on any atom is -0.490 e. The van der Waals surface area contributed by atoms with Crippen molar-refractivity contribution in [2.45, 2.75) is 33.9 Å². The molecule has 1 aromatic carbocycles. The molecule has 2 rings (SSSR count). The van der Waals surface area contributed by atoms with E-state index in [4.69, 9.17) is 9.47 Å². The van der Waals surface area contributed by atoms with Crippen LogP contribution in [0, 0.1) is 6.92 Å². The van der Waals surface area contributed by atoms with Gasteiger partial charge in [0.05, 0.1) is 17.3 Å². The summed E-state index contributed by atoms with van der Waals surface area (Å²) in [5.74, 6) is 1.56. The molecule has 5 heteroatoms. The van der Waals surface area contributed by atoms with Gasteiger partial charge in [-0.15, -0.1) is 11.3 Å². The standard InChI is InChI=1S/C16H22N2O2S/c1-4-17-9-13-6-7-15(16(8-13)19-5-2)20-10-14-11-21-12(3)18-14/h6-8,11,17H,4-5,9-10H2,1-3H3. The molecule has 21 heavy (non-hydrogen) atoms. The Morgan fingerprint density at radius 2 is 2.05 bits per heavy atom. The molecule has 1 aromatic heterocycles. The monoisotopic (exact) mass is 306 g/mol. The average Bonchev–Trinajstić information content (AvgIpc) is 2.90.